The Morgan fingerprint density at radius 1 is 0.211 bits per heavy atom. The van der Waals surface area contributed by atoms with Crippen LogP contribution in [0.3, 0.4) is 0 Å². The van der Waals surface area contributed by atoms with Gasteiger partial charge in [0.05, 0.1) is 38.3 Å². The van der Waals surface area contributed by atoms with Crippen molar-refractivity contribution in [2.45, 2.75) is 0 Å². The van der Waals surface area contributed by atoms with Crippen LogP contribution in [0.4, 0.5) is 0 Å². The predicted molar refractivity (Wildman–Crippen MR) is 518 cm³/mol. The summed E-state index contributed by atoms with van der Waals surface area (Å²) in [5.41, 5.74) is 25.0. The third kappa shape index (κ3) is 13.5. The number of aromatic nitrogens is 7. The van der Waals surface area contributed by atoms with Crippen LogP contribution in [-0.2, 0) is 0 Å². The van der Waals surface area contributed by atoms with E-state index in [4.69, 9.17) is 34.3 Å². The largest absolute Gasteiger partial charge is 0.456 e. The molecule has 17 aromatic carbocycles. The number of benzene rings is 17. The highest BCUT2D eigenvalue weighted by Gasteiger charge is 2.23. The van der Waals surface area contributed by atoms with Gasteiger partial charge in [-0.3, -0.25) is 0 Å². The van der Waals surface area contributed by atoms with Crippen molar-refractivity contribution in [2.24, 2.45) is 0 Å². The van der Waals surface area contributed by atoms with Crippen molar-refractivity contribution in [1.29, 1.82) is 0 Å². The van der Waals surface area contributed by atoms with Gasteiger partial charge < -0.3 is 8.98 Å². The molecule has 8 aromatic heterocycles. The first-order chi connectivity index (χ1) is 60.9. The minimum atomic E-state index is 0.700. The zero-order valence-electron chi connectivity index (χ0n) is 66.1. The molecule has 0 aliphatic rings. The van der Waals surface area contributed by atoms with E-state index in [1.165, 1.54) is 102 Å². The average Bonchev–Trinajstić information content (AvgIpc) is 1.63. The van der Waals surface area contributed by atoms with Gasteiger partial charge in [0.2, 0.25) is 0 Å². The molecule has 0 fully saturated rings. The van der Waals surface area contributed by atoms with Crippen LogP contribution in [0.1, 0.15) is 0 Å². The Morgan fingerprint density at radius 2 is 0.561 bits per heavy atom. The maximum Gasteiger partial charge on any atom is 0.161 e. The summed E-state index contributed by atoms with van der Waals surface area (Å²) in [5, 5.41) is 12.9. The second kappa shape index (κ2) is 31.0. The van der Waals surface area contributed by atoms with E-state index < -0.39 is 0 Å². The minimum absolute atomic E-state index is 0.700. The number of fused-ring (bicyclic) bond motifs is 16. The Labute approximate surface area is 719 Å². The van der Waals surface area contributed by atoms with Gasteiger partial charge in [-0.1, -0.05) is 346 Å². The highest BCUT2D eigenvalue weighted by Crippen LogP contribution is 2.46. The maximum absolute atomic E-state index is 6.20. The van der Waals surface area contributed by atoms with Crippen molar-refractivity contribution >= 4 is 149 Å². The fourth-order valence-electron chi connectivity index (χ4n) is 17.2. The molecule has 8 nitrogen and oxygen atoms in total. The molecule has 0 radical (unpaired) electrons. The molecule has 0 saturated heterocycles. The maximum atomic E-state index is 6.20. The number of hydrogen-bond acceptors (Lipinski definition) is 10. The molecule has 0 unspecified atom stereocenters. The molecule has 8 heterocycles. The first kappa shape index (κ1) is 72.7. The SMILES string of the molecule is c1ccc(-c2ccc(-c3nc(-c4ccc(-c5ccccc5)cc4)c4sc5ccccc5c4n3)cc2)cc1.c1ccc(-c2ccc3cc(-c4nc(-c5ccc6c(c5)oc5ccccc56)nc5sc6ccccc6c45)ccc3c2)cc1.c1ccc(-c2nc(-c3ccc(-c4ccc(-n5c6ccccc6c6ccccc65)cc4)cc3)nc3sc4ccccc4c23)cc1. The highest BCUT2D eigenvalue weighted by atomic mass is 32.1. The molecule has 123 heavy (non-hydrogen) atoms. The number of nitrogens with zero attached hydrogens (tertiary/aromatic N) is 7. The normalized spacial score (nSPS) is 11.6. The van der Waals surface area contributed by atoms with E-state index in [1.54, 1.807) is 34.0 Å². The van der Waals surface area contributed by atoms with Crippen molar-refractivity contribution in [1.82, 2.24) is 34.5 Å². The molecule has 0 saturated carbocycles. The molecule has 0 bridgehead atoms. The fraction of sp³-hybridized carbons (Fsp3) is 0. The Hall–Kier alpha value is -15.5. The van der Waals surface area contributed by atoms with Crippen LogP contribution < -0.4 is 0 Å². The summed E-state index contributed by atoms with van der Waals surface area (Å²) >= 11 is 5.21. The van der Waals surface area contributed by atoms with E-state index in [-0.39, 0.29) is 0 Å². The minimum Gasteiger partial charge on any atom is -0.456 e. The molecule has 576 valence electrons. The lowest BCUT2D eigenvalue weighted by Crippen LogP contribution is -1.94. The molecule has 0 aliphatic heterocycles. The smallest absolute Gasteiger partial charge is 0.161 e. The quantitative estimate of drug-likeness (QED) is 0.127. The lowest BCUT2D eigenvalue weighted by Gasteiger charge is -2.10. The summed E-state index contributed by atoms with van der Waals surface area (Å²) in [7, 11) is 0. The second-order valence-electron chi connectivity index (χ2n) is 30.7. The van der Waals surface area contributed by atoms with Crippen LogP contribution in [0.25, 0.3) is 234 Å². The molecule has 11 heteroatoms. The first-order valence-electron chi connectivity index (χ1n) is 41.1. The van der Waals surface area contributed by atoms with Crippen LogP contribution in [0.15, 0.2) is 423 Å². The van der Waals surface area contributed by atoms with E-state index in [0.717, 1.165) is 126 Å². The van der Waals surface area contributed by atoms with Crippen molar-refractivity contribution in [3.63, 3.8) is 0 Å². The third-order valence-electron chi connectivity index (χ3n) is 23.3. The van der Waals surface area contributed by atoms with Gasteiger partial charge >= 0.3 is 0 Å². The Kier molecular flexibility index (Phi) is 18.3. The van der Waals surface area contributed by atoms with Crippen LogP contribution in [0.5, 0.6) is 0 Å². The van der Waals surface area contributed by atoms with Gasteiger partial charge in [-0.2, -0.15) is 0 Å². The van der Waals surface area contributed by atoms with E-state index in [1.807, 2.05) is 36.4 Å². The molecule has 25 rings (SSSR count). The van der Waals surface area contributed by atoms with Gasteiger partial charge in [0, 0.05) is 102 Å². The summed E-state index contributed by atoms with van der Waals surface area (Å²) in [6, 6.07) is 147. The monoisotopic (exact) mass is 1620 g/mol. The van der Waals surface area contributed by atoms with E-state index in [0.29, 0.717) is 5.82 Å². The van der Waals surface area contributed by atoms with Crippen molar-refractivity contribution in [2.75, 3.05) is 0 Å². The summed E-state index contributed by atoms with van der Waals surface area (Å²) in [4.78, 5) is 32.8. The van der Waals surface area contributed by atoms with Gasteiger partial charge in [0.1, 0.15) is 20.8 Å². The Morgan fingerprint density at radius 3 is 1.11 bits per heavy atom. The first-order valence-corrected chi connectivity index (χ1v) is 43.5. The summed E-state index contributed by atoms with van der Waals surface area (Å²) < 4.78 is 13.3. The lowest BCUT2D eigenvalue weighted by molar-refractivity contribution is 0.669. The molecule has 0 spiro atoms. The van der Waals surface area contributed by atoms with Crippen molar-refractivity contribution in [3.8, 4) is 118 Å². The molecule has 0 N–H and O–H groups in total. The Balaban J connectivity index is 0.000000107. The van der Waals surface area contributed by atoms with Gasteiger partial charge in [-0.25, -0.2) is 29.9 Å². The predicted octanol–water partition coefficient (Wildman–Crippen LogP) is 31.4. The second-order valence-corrected chi connectivity index (χ2v) is 33.8. The molecular weight excluding hydrogens is 1560 g/mol. The average molecular weight is 1630 g/mol. The van der Waals surface area contributed by atoms with Crippen LogP contribution >= 0.6 is 34.0 Å². The lowest BCUT2D eigenvalue weighted by atomic mass is 9.98. The molecule has 0 atom stereocenters. The van der Waals surface area contributed by atoms with Crippen LogP contribution in [0.2, 0.25) is 0 Å². The summed E-state index contributed by atoms with van der Waals surface area (Å²) in [6.07, 6.45) is 0. The molecule has 0 aliphatic carbocycles. The third-order valence-corrected chi connectivity index (χ3v) is 26.6. The number of thiophene rings is 3. The van der Waals surface area contributed by atoms with Gasteiger partial charge in [0.25, 0.3) is 0 Å². The standard InChI is InChI=1S/C40H25N3S.C38H22N2OS.C34H22N2S/c1-2-10-28(11-3-1)38-37-33-14-6-9-17-36(33)44-40(37)42-39(41-38)29-20-18-26(19-21-29)27-22-24-30(25-23-27)43-34-15-7-4-12-31(34)32-13-5-8-16-35(32)43;1-2-8-23(9-3-1)24-14-15-26-21-27(17-16-25(26)20-24)36-35-31-11-5-7-13-34(31)42-38(35)40-37(39-36)28-18-19-30-29-10-4-6-12-32(29)41-33(30)22-28;1-3-9-23(10-4-1)25-15-19-27(20-16-25)31-33-32(29-13-7-8-14-30(29)37-33)36-34(35-31)28-21-17-26(18-22-28)24-11-5-2-6-12-24/h1-25H;1-22H;1-22H. The fourth-order valence-corrected chi connectivity index (χ4v) is 20.5. The van der Waals surface area contributed by atoms with Crippen molar-refractivity contribution < 1.29 is 4.42 Å². The van der Waals surface area contributed by atoms with E-state index in [9.17, 15) is 0 Å². The number of rotatable bonds is 11. The van der Waals surface area contributed by atoms with Crippen LogP contribution in [0, 0.1) is 0 Å². The number of hydrogen-bond donors (Lipinski definition) is 0. The van der Waals surface area contributed by atoms with Gasteiger partial charge in [-0.15, -0.1) is 34.0 Å². The molecule has 25 aromatic rings. The Bertz CT molecular complexity index is 8280. The highest BCUT2D eigenvalue weighted by molar-refractivity contribution is 7.26. The molecular formula is C112H69N7OS3. The topological polar surface area (TPSA) is 95.4 Å². The number of furan rings is 1. The molecule has 0 amide bonds. The van der Waals surface area contributed by atoms with E-state index in [2.05, 4.69) is 387 Å². The number of para-hydroxylation sites is 3. The zero-order chi connectivity index (χ0) is 81.3. The van der Waals surface area contributed by atoms with Crippen molar-refractivity contribution in [3.05, 3.63) is 419 Å². The summed E-state index contributed by atoms with van der Waals surface area (Å²) in [5.74, 6) is 2.19. The summed E-state index contributed by atoms with van der Waals surface area (Å²) in [6.45, 7) is 0. The van der Waals surface area contributed by atoms with Gasteiger partial charge in [0.15, 0.2) is 17.5 Å². The van der Waals surface area contributed by atoms with Crippen LogP contribution in [-0.4, -0.2) is 34.5 Å². The van der Waals surface area contributed by atoms with Gasteiger partial charge in [-0.05, 0) is 128 Å². The zero-order valence-corrected chi connectivity index (χ0v) is 68.6. The van der Waals surface area contributed by atoms with E-state index >= 15 is 0 Å².